The molecule has 1 aromatic carbocycles. The van der Waals surface area contributed by atoms with Crippen LogP contribution in [0.25, 0.3) is 0 Å². The van der Waals surface area contributed by atoms with Crippen LogP contribution in [0.3, 0.4) is 0 Å². The summed E-state index contributed by atoms with van der Waals surface area (Å²) in [6.45, 7) is 0.314. The molecule has 1 heterocycles. The van der Waals surface area contributed by atoms with E-state index < -0.39 is 0 Å². The Bertz CT molecular complexity index is 497. The van der Waals surface area contributed by atoms with E-state index in [0.29, 0.717) is 12.4 Å². The molecule has 4 nitrogen and oxygen atoms in total. The Morgan fingerprint density at radius 1 is 1.12 bits per heavy atom. The van der Waals surface area contributed by atoms with Gasteiger partial charge in [-0.15, -0.1) is 0 Å². The fraction of sp³-hybridized carbons (Fsp3) is 0.0769. The summed E-state index contributed by atoms with van der Waals surface area (Å²) < 4.78 is 0. The second kappa shape index (κ2) is 5.65. The van der Waals surface area contributed by atoms with Gasteiger partial charge in [-0.2, -0.15) is 0 Å². The van der Waals surface area contributed by atoms with E-state index in [-0.39, 0.29) is 0 Å². The molecule has 17 heavy (non-hydrogen) atoms. The molecule has 0 radical (unpaired) electrons. The van der Waals surface area contributed by atoms with Gasteiger partial charge in [0.2, 0.25) is 0 Å². The molecule has 2 aromatic rings. The number of benzene rings is 1. The maximum atomic E-state index is 5.55. The van der Waals surface area contributed by atoms with Crippen molar-refractivity contribution in [2.45, 2.75) is 6.61 Å². The van der Waals surface area contributed by atoms with Crippen molar-refractivity contribution in [2.75, 3.05) is 5.73 Å². The molecule has 0 aliphatic carbocycles. The lowest BCUT2D eigenvalue weighted by atomic mass is 10.2. The van der Waals surface area contributed by atoms with E-state index in [1.807, 2.05) is 42.5 Å². The first-order valence-corrected chi connectivity index (χ1v) is 5.26. The van der Waals surface area contributed by atoms with Crippen molar-refractivity contribution < 1.29 is 4.84 Å². The van der Waals surface area contributed by atoms with Crippen LogP contribution in [0.15, 0.2) is 53.7 Å². The maximum absolute atomic E-state index is 5.55. The van der Waals surface area contributed by atoms with Gasteiger partial charge >= 0.3 is 0 Å². The Kier molecular flexibility index (Phi) is 3.70. The second-order valence-corrected chi connectivity index (χ2v) is 3.47. The topological polar surface area (TPSA) is 60.5 Å². The molecule has 0 amide bonds. The average Bonchev–Trinajstić information content (AvgIpc) is 2.36. The zero-order chi connectivity index (χ0) is 11.9. The fourth-order valence-electron chi connectivity index (χ4n) is 1.32. The van der Waals surface area contributed by atoms with Crippen molar-refractivity contribution in [3.05, 3.63) is 59.8 Å². The number of rotatable bonds is 4. The number of hydrogen-bond acceptors (Lipinski definition) is 4. The molecule has 2 N–H and O–H groups in total. The predicted molar refractivity (Wildman–Crippen MR) is 67.5 cm³/mol. The van der Waals surface area contributed by atoms with Crippen molar-refractivity contribution in [3.8, 4) is 0 Å². The zero-order valence-electron chi connectivity index (χ0n) is 9.28. The zero-order valence-corrected chi connectivity index (χ0v) is 9.28. The normalized spacial score (nSPS) is 10.6. The summed E-state index contributed by atoms with van der Waals surface area (Å²) in [7, 11) is 0. The monoisotopic (exact) mass is 227 g/mol. The largest absolute Gasteiger partial charge is 0.389 e. The Morgan fingerprint density at radius 2 is 1.94 bits per heavy atom. The van der Waals surface area contributed by atoms with E-state index in [0.717, 1.165) is 11.3 Å². The smallest absolute Gasteiger partial charge is 0.159 e. The third-order valence-corrected chi connectivity index (χ3v) is 2.12. The van der Waals surface area contributed by atoms with Crippen LogP contribution in [-0.2, 0) is 11.4 Å². The third-order valence-electron chi connectivity index (χ3n) is 2.12. The molecule has 0 fully saturated rings. The van der Waals surface area contributed by atoms with Crippen LogP contribution in [0.4, 0.5) is 5.82 Å². The summed E-state index contributed by atoms with van der Waals surface area (Å²) in [6, 6.07) is 15.2. The van der Waals surface area contributed by atoms with Crippen LogP contribution in [0.2, 0.25) is 0 Å². The molecule has 86 valence electrons. The number of nitrogens with zero attached hydrogens (tertiary/aromatic N) is 2. The van der Waals surface area contributed by atoms with Gasteiger partial charge in [-0.25, -0.2) is 4.98 Å². The van der Waals surface area contributed by atoms with E-state index in [2.05, 4.69) is 10.1 Å². The molecule has 0 saturated heterocycles. The van der Waals surface area contributed by atoms with Gasteiger partial charge in [0.05, 0.1) is 11.9 Å². The van der Waals surface area contributed by atoms with Crippen molar-refractivity contribution >= 4 is 12.0 Å². The van der Waals surface area contributed by atoms with Gasteiger partial charge in [0, 0.05) is 0 Å². The minimum absolute atomic E-state index is 0.314. The molecule has 2 rings (SSSR count). The van der Waals surface area contributed by atoms with E-state index in [1.165, 1.54) is 0 Å². The minimum Gasteiger partial charge on any atom is -0.389 e. The average molecular weight is 227 g/mol. The summed E-state index contributed by atoms with van der Waals surface area (Å²) in [5, 5.41) is 3.86. The maximum Gasteiger partial charge on any atom is 0.159 e. The van der Waals surface area contributed by atoms with Crippen LogP contribution >= 0.6 is 0 Å². The third kappa shape index (κ3) is 3.61. The lowest BCUT2D eigenvalue weighted by Crippen LogP contribution is -1.96. The molecule has 4 heteroatoms. The van der Waals surface area contributed by atoms with Crippen LogP contribution in [0.5, 0.6) is 0 Å². The molecule has 0 aliphatic rings. The lowest BCUT2D eigenvalue weighted by molar-refractivity contribution is 0.129. The molecule has 0 unspecified atom stereocenters. The summed E-state index contributed by atoms with van der Waals surface area (Å²) in [5.74, 6) is 0.484. The van der Waals surface area contributed by atoms with Crippen molar-refractivity contribution in [3.63, 3.8) is 0 Å². The minimum atomic E-state index is 0.314. The summed E-state index contributed by atoms with van der Waals surface area (Å²) in [6.07, 6.45) is 1.66. The molecular formula is C13H13N3O. The fourth-order valence-corrected chi connectivity index (χ4v) is 1.32. The van der Waals surface area contributed by atoms with Gasteiger partial charge < -0.3 is 10.6 Å². The highest BCUT2D eigenvalue weighted by Gasteiger charge is 1.94. The van der Waals surface area contributed by atoms with Gasteiger partial charge in [-0.1, -0.05) is 41.6 Å². The standard InChI is InChI=1S/C13H13N3O/c14-13-8-4-7-12(16-13)10-17-15-9-11-5-2-1-3-6-11/h1-9H,10H2,(H2,14,16). The first-order valence-electron chi connectivity index (χ1n) is 5.26. The first kappa shape index (κ1) is 11.1. The van der Waals surface area contributed by atoms with E-state index in [9.17, 15) is 0 Å². The Morgan fingerprint density at radius 3 is 2.71 bits per heavy atom. The van der Waals surface area contributed by atoms with Crippen molar-refractivity contribution in [1.29, 1.82) is 0 Å². The van der Waals surface area contributed by atoms with E-state index >= 15 is 0 Å². The van der Waals surface area contributed by atoms with Crippen molar-refractivity contribution in [1.82, 2.24) is 4.98 Å². The summed E-state index contributed by atoms with van der Waals surface area (Å²) in [4.78, 5) is 9.23. The Labute approximate surface area is 99.7 Å². The molecule has 0 aliphatic heterocycles. The number of aromatic nitrogens is 1. The number of pyridine rings is 1. The predicted octanol–water partition coefficient (Wildman–Crippen LogP) is 2.21. The number of anilines is 1. The second-order valence-electron chi connectivity index (χ2n) is 3.47. The molecule has 0 spiro atoms. The number of nitrogens with two attached hydrogens (primary N) is 1. The molecule has 1 aromatic heterocycles. The Balaban J connectivity index is 1.86. The SMILES string of the molecule is Nc1cccc(CON=Cc2ccccc2)n1. The number of oxime groups is 1. The van der Waals surface area contributed by atoms with Gasteiger partial charge in [0.1, 0.15) is 5.82 Å². The van der Waals surface area contributed by atoms with E-state index in [1.54, 1.807) is 12.3 Å². The molecular weight excluding hydrogens is 214 g/mol. The highest BCUT2D eigenvalue weighted by molar-refractivity contribution is 5.78. The number of hydrogen-bond donors (Lipinski definition) is 1. The molecule has 0 saturated carbocycles. The highest BCUT2D eigenvalue weighted by atomic mass is 16.6. The number of nitrogen functional groups attached to an aromatic ring is 1. The van der Waals surface area contributed by atoms with Crippen molar-refractivity contribution in [2.24, 2.45) is 5.16 Å². The van der Waals surface area contributed by atoms with Gasteiger partial charge in [0.25, 0.3) is 0 Å². The molecule has 0 bridgehead atoms. The first-order chi connectivity index (χ1) is 8.34. The van der Waals surface area contributed by atoms with Crippen LogP contribution in [0, 0.1) is 0 Å². The van der Waals surface area contributed by atoms with Crippen LogP contribution in [-0.4, -0.2) is 11.2 Å². The summed E-state index contributed by atoms with van der Waals surface area (Å²) in [5.41, 5.74) is 7.30. The Hall–Kier alpha value is -2.36. The molecule has 0 atom stereocenters. The lowest BCUT2D eigenvalue weighted by Gasteiger charge is -1.99. The van der Waals surface area contributed by atoms with Gasteiger partial charge in [-0.3, -0.25) is 0 Å². The van der Waals surface area contributed by atoms with E-state index in [4.69, 9.17) is 10.6 Å². The summed E-state index contributed by atoms with van der Waals surface area (Å²) >= 11 is 0. The quantitative estimate of drug-likeness (QED) is 0.643. The van der Waals surface area contributed by atoms with Gasteiger partial charge in [0.15, 0.2) is 6.61 Å². The van der Waals surface area contributed by atoms with Crippen LogP contribution < -0.4 is 5.73 Å². The van der Waals surface area contributed by atoms with Crippen LogP contribution in [0.1, 0.15) is 11.3 Å². The van der Waals surface area contributed by atoms with Gasteiger partial charge in [-0.05, 0) is 17.7 Å². The highest BCUT2D eigenvalue weighted by Crippen LogP contribution is 2.02.